The van der Waals surface area contributed by atoms with E-state index in [4.69, 9.17) is 4.74 Å². The quantitative estimate of drug-likeness (QED) is 0.630. The van der Waals surface area contributed by atoms with Gasteiger partial charge >= 0.3 is 0 Å². The van der Waals surface area contributed by atoms with Gasteiger partial charge in [0.25, 0.3) is 6.47 Å². The molecule has 2 nitrogen and oxygen atoms in total. The number of carbonyl (C=O) groups excluding carboxylic acids is 1. The summed E-state index contributed by atoms with van der Waals surface area (Å²) in [4.78, 5) is 10.3. The zero-order valence-corrected chi connectivity index (χ0v) is 8.82. The average Bonchev–Trinajstić information content (AvgIpc) is 2.04. The van der Waals surface area contributed by atoms with E-state index in [2.05, 4.69) is 20.8 Å². The van der Waals surface area contributed by atoms with Crippen molar-refractivity contribution in [2.75, 3.05) is 0 Å². The van der Waals surface area contributed by atoms with Crippen molar-refractivity contribution in [3.8, 4) is 0 Å². The van der Waals surface area contributed by atoms with E-state index in [9.17, 15) is 4.79 Å². The normalized spacial score (nSPS) is 34.6. The summed E-state index contributed by atoms with van der Waals surface area (Å²) in [6, 6.07) is 0. The second-order valence-corrected chi connectivity index (χ2v) is 4.60. The SMILES string of the molecule is CC(C)[C@@H]1CC[C@H](C)C[C@H]1OC=O. The second-order valence-electron chi connectivity index (χ2n) is 4.60. The first-order valence-electron chi connectivity index (χ1n) is 5.24. The van der Waals surface area contributed by atoms with Crippen LogP contribution < -0.4 is 0 Å². The smallest absolute Gasteiger partial charge is 0.293 e. The average molecular weight is 184 g/mol. The molecule has 0 aromatic heterocycles. The minimum absolute atomic E-state index is 0.168. The number of rotatable bonds is 3. The molecule has 0 amide bonds. The van der Waals surface area contributed by atoms with Crippen LogP contribution in [-0.4, -0.2) is 12.6 Å². The Balaban J connectivity index is 2.54. The van der Waals surface area contributed by atoms with Crippen LogP contribution in [0.25, 0.3) is 0 Å². The van der Waals surface area contributed by atoms with Crippen molar-refractivity contribution >= 4 is 6.47 Å². The highest BCUT2D eigenvalue weighted by molar-refractivity contribution is 5.37. The standard InChI is InChI=1S/C11H20O2/c1-8(2)10-5-4-9(3)6-11(10)13-7-12/h7-11H,4-6H2,1-3H3/t9-,10-,11+/m0/s1. The highest BCUT2D eigenvalue weighted by atomic mass is 16.5. The van der Waals surface area contributed by atoms with Crippen LogP contribution in [0.3, 0.4) is 0 Å². The van der Waals surface area contributed by atoms with Crippen LogP contribution in [0.15, 0.2) is 0 Å². The Morgan fingerprint density at radius 2 is 2.08 bits per heavy atom. The summed E-state index contributed by atoms with van der Waals surface area (Å²) in [6.07, 6.45) is 3.70. The van der Waals surface area contributed by atoms with Crippen molar-refractivity contribution in [3.63, 3.8) is 0 Å². The van der Waals surface area contributed by atoms with Crippen LogP contribution in [0.4, 0.5) is 0 Å². The number of hydrogen-bond donors (Lipinski definition) is 0. The lowest BCUT2D eigenvalue weighted by Gasteiger charge is -2.35. The van der Waals surface area contributed by atoms with Crippen LogP contribution in [0.1, 0.15) is 40.0 Å². The first-order chi connectivity index (χ1) is 6.15. The van der Waals surface area contributed by atoms with E-state index < -0.39 is 0 Å². The number of ether oxygens (including phenoxy) is 1. The monoisotopic (exact) mass is 184 g/mol. The Bertz CT molecular complexity index is 165. The molecule has 0 unspecified atom stereocenters. The molecular formula is C11H20O2. The molecule has 3 atom stereocenters. The van der Waals surface area contributed by atoms with Gasteiger partial charge in [0.15, 0.2) is 0 Å². The first kappa shape index (κ1) is 10.6. The molecule has 13 heavy (non-hydrogen) atoms. The zero-order chi connectivity index (χ0) is 9.84. The van der Waals surface area contributed by atoms with E-state index in [1.807, 2.05) is 0 Å². The van der Waals surface area contributed by atoms with Crippen molar-refractivity contribution in [3.05, 3.63) is 0 Å². The van der Waals surface area contributed by atoms with E-state index in [0.717, 1.165) is 6.42 Å². The Labute approximate surface area is 80.7 Å². The molecule has 0 aromatic carbocycles. The second kappa shape index (κ2) is 4.64. The lowest BCUT2D eigenvalue weighted by atomic mass is 9.75. The van der Waals surface area contributed by atoms with Crippen LogP contribution in [0.5, 0.6) is 0 Å². The van der Waals surface area contributed by atoms with Crippen molar-refractivity contribution in [2.24, 2.45) is 17.8 Å². The van der Waals surface area contributed by atoms with Gasteiger partial charge in [-0.05, 0) is 30.6 Å². The molecule has 1 aliphatic carbocycles. The minimum Gasteiger partial charge on any atom is -0.464 e. The fourth-order valence-electron chi connectivity index (χ4n) is 2.34. The third kappa shape index (κ3) is 2.71. The first-order valence-corrected chi connectivity index (χ1v) is 5.24. The molecule has 0 heterocycles. The van der Waals surface area contributed by atoms with Gasteiger partial charge in [-0.1, -0.05) is 27.2 Å². The molecule has 1 rings (SSSR count). The molecule has 0 spiro atoms. The summed E-state index contributed by atoms with van der Waals surface area (Å²) in [7, 11) is 0. The molecular weight excluding hydrogens is 164 g/mol. The lowest BCUT2D eigenvalue weighted by molar-refractivity contribution is -0.140. The molecule has 0 bridgehead atoms. The maximum Gasteiger partial charge on any atom is 0.293 e. The van der Waals surface area contributed by atoms with Gasteiger partial charge in [0, 0.05) is 0 Å². The van der Waals surface area contributed by atoms with Crippen molar-refractivity contribution in [1.82, 2.24) is 0 Å². The molecule has 1 saturated carbocycles. The maximum atomic E-state index is 10.3. The lowest BCUT2D eigenvalue weighted by Crippen LogP contribution is -2.33. The molecule has 0 saturated heterocycles. The van der Waals surface area contributed by atoms with Crippen LogP contribution in [0, 0.1) is 17.8 Å². The third-order valence-corrected chi connectivity index (χ3v) is 3.19. The van der Waals surface area contributed by atoms with Gasteiger partial charge in [-0.15, -0.1) is 0 Å². The van der Waals surface area contributed by atoms with Crippen molar-refractivity contribution in [2.45, 2.75) is 46.1 Å². The summed E-state index contributed by atoms with van der Waals surface area (Å²) in [5, 5.41) is 0. The zero-order valence-electron chi connectivity index (χ0n) is 8.82. The summed E-state index contributed by atoms with van der Waals surface area (Å²) >= 11 is 0. The largest absolute Gasteiger partial charge is 0.464 e. The van der Waals surface area contributed by atoms with E-state index in [1.165, 1.54) is 12.8 Å². The fraction of sp³-hybridized carbons (Fsp3) is 0.909. The molecule has 1 aliphatic rings. The predicted molar refractivity (Wildman–Crippen MR) is 52.3 cm³/mol. The highest BCUT2D eigenvalue weighted by Gasteiger charge is 2.31. The fourth-order valence-corrected chi connectivity index (χ4v) is 2.34. The predicted octanol–water partition coefficient (Wildman–Crippen LogP) is 2.62. The molecule has 2 heteroatoms. The van der Waals surface area contributed by atoms with Gasteiger partial charge in [0.1, 0.15) is 6.10 Å². The molecule has 0 N–H and O–H groups in total. The highest BCUT2D eigenvalue weighted by Crippen LogP contribution is 2.34. The minimum atomic E-state index is 0.168. The summed E-state index contributed by atoms with van der Waals surface area (Å²) in [5.41, 5.74) is 0. The third-order valence-electron chi connectivity index (χ3n) is 3.19. The van der Waals surface area contributed by atoms with Gasteiger partial charge in [0.2, 0.25) is 0 Å². The van der Waals surface area contributed by atoms with Crippen LogP contribution in [-0.2, 0) is 9.53 Å². The van der Waals surface area contributed by atoms with Gasteiger partial charge in [-0.25, -0.2) is 0 Å². The van der Waals surface area contributed by atoms with E-state index in [1.54, 1.807) is 0 Å². The van der Waals surface area contributed by atoms with Crippen molar-refractivity contribution < 1.29 is 9.53 Å². The topological polar surface area (TPSA) is 26.3 Å². The van der Waals surface area contributed by atoms with Crippen molar-refractivity contribution in [1.29, 1.82) is 0 Å². The van der Waals surface area contributed by atoms with Gasteiger partial charge in [-0.3, -0.25) is 4.79 Å². The molecule has 0 radical (unpaired) electrons. The Morgan fingerprint density at radius 3 is 2.62 bits per heavy atom. The van der Waals surface area contributed by atoms with Gasteiger partial charge in [-0.2, -0.15) is 0 Å². The van der Waals surface area contributed by atoms with Gasteiger partial charge in [0.05, 0.1) is 0 Å². The van der Waals surface area contributed by atoms with E-state index >= 15 is 0 Å². The van der Waals surface area contributed by atoms with Crippen LogP contribution >= 0.6 is 0 Å². The number of hydrogen-bond acceptors (Lipinski definition) is 2. The molecule has 0 aliphatic heterocycles. The van der Waals surface area contributed by atoms with Gasteiger partial charge < -0.3 is 4.74 Å². The molecule has 0 aromatic rings. The molecule has 76 valence electrons. The summed E-state index contributed by atoms with van der Waals surface area (Å²) in [5.74, 6) is 1.90. The Kier molecular flexibility index (Phi) is 3.76. The maximum absolute atomic E-state index is 10.3. The Morgan fingerprint density at radius 1 is 1.38 bits per heavy atom. The molecule has 1 fully saturated rings. The number of carbonyl (C=O) groups is 1. The summed E-state index contributed by atoms with van der Waals surface area (Å²) in [6.45, 7) is 7.26. The summed E-state index contributed by atoms with van der Waals surface area (Å²) < 4.78 is 5.15. The van der Waals surface area contributed by atoms with Crippen LogP contribution in [0.2, 0.25) is 0 Å². The van der Waals surface area contributed by atoms with E-state index in [-0.39, 0.29) is 6.10 Å². The van der Waals surface area contributed by atoms with E-state index in [0.29, 0.717) is 24.2 Å². The Hall–Kier alpha value is -0.530.